The minimum absolute atomic E-state index is 0.238. The predicted molar refractivity (Wildman–Crippen MR) is 108 cm³/mol. The summed E-state index contributed by atoms with van der Waals surface area (Å²) in [6.07, 6.45) is 3.39. The molecule has 4 atom stereocenters. The molecule has 0 aromatic rings. The second-order valence-corrected chi connectivity index (χ2v) is 7.79. The van der Waals surface area contributed by atoms with Crippen LogP contribution in [0.15, 0.2) is 0 Å². The Morgan fingerprint density at radius 3 is 2.28 bits per heavy atom. The van der Waals surface area contributed by atoms with Gasteiger partial charge in [0.15, 0.2) is 0 Å². The number of amides is 3. The molecular formula is C19H35N5O5. The Hall–Kier alpha value is -2.20. The first-order valence-corrected chi connectivity index (χ1v) is 10.2. The smallest absolute Gasteiger partial charge is 0.326 e. The van der Waals surface area contributed by atoms with Gasteiger partial charge in [-0.3, -0.25) is 14.4 Å². The maximum Gasteiger partial charge on any atom is 0.326 e. The number of carbonyl (C=O) groups excluding carboxylic acids is 3. The van der Waals surface area contributed by atoms with E-state index < -0.39 is 35.9 Å². The lowest BCUT2D eigenvalue weighted by Gasteiger charge is -2.24. The molecule has 1 aliphatic heterocycles. The Labute approximate surface area is 171 Å². The molecule has 1 fully saturated rings. The fourth-order valence-corrected chi connectivity index (χ4v) is 3.11. The zero-order valence-corrected chi connectivity index (χ0v) is 17.5. The van der Waals surface area contributed by atoms with Crippen LogP contribution in [0.5, 0.6) is 0 Å². The fourth-order valence-electron chi connectivity index (χ4n) is 3.11. The van der Waals surface area contributed by atoms with Gasteiger partial charge in [0.2, 0.25) is 17.7 Å². The van der Waals surface area contributed by atoms with Crippen molar-refractivity contribution in [1.82, 2.24) is 21.3 Å². The van der Waals surface area contributed by atoms with Crippen LogP contribution in [0.2, 0.25) is 0 Å². The molecule has 3 amide bonds. The molecule has 0 aromatic heterocycles. The Kier molecular flexibility index (Phi) is 10.6. The van der Waals surface area contributed by atoms with Gasteiger partial charge in [-0.05, 0) is 58.0 Å². The summed E-state index contributed by atoms with van der Waals surface area (Å²) >= 11 is 0. The number of hydrogen-bond donors (Lipinski definition) is 6. The summed E-state index contributed by atoms with van der Waals surface area (Å²) in [4.78, 5) is 48.6. The van der Waals surface area contributed by atoms with Crippen LogP contribution >= 0.6 is 0 Å². The third kappa shape index (κ3) is 8.36. The van der Waals surface area contributed by atoms with E-state index in [1.165, 1.54) is 6.92 Å². The van der Waals surface area contributed by atoms with Crippen molar-refractivity contribution in [3.05, 3.63) is 0 Å². The highest BCUT2D eigenvalue weighted by Crippen LogP contribution is 2.08. The number of carboxylic acids is 1. The van der Waals surface area contributed by atoms with Crippen LogP contribution < -0.4 is 27.0 Å². The second-order valence-electron chi connectivity index (χ2n) is 7.79. The summed E-state index contributed by atoms with van der Waals surface area (Å²) in [6, 6.07) is -3.09. The van der Waals surface area contributed by atoms with Crippen LogP contribution in [0.25, 0.3) is 0 Å². The van der Waals surface area contributed by atoms with Crippen molar-refractivity contribution >= 4 is 23.7 Å². The molecule has 0 saturated carbocycles. The molecule has 10 nitrogen and oxygen atoms in total. The first kappa shape index (κ1) is 24.8. The van der Waals surface area contributed by atoms with Gasteiger partial charge in [0.05, 0.1) is 6.04 Å². The van der Waals surface area contributed by atoms with Crippen molar-refractivity contribution < 1.29 is 24.3 Å². The summed E-state index contributed by atoms with van der Waals surface area (Å²) < 4.78 is 0. The molecule has 0 aliphatic carbocycles. The lowest BCUT2D eigenvalue weighted by atomic mass is 10.0. The van der Waals surface area contributed by atoms with Crippen LogP contribution in [-0.4, -0.2) is 66.1 Å². The van der Waals surface area contributed by atoms with Gasteiger partial charge in [-0.25, -0.2) is 4.79 Å². The summed E-state index contributed by atoms with van der Waals surface area (Å²) in [5, 5.41) is 20.1. The van der Waals surface area contributed by atoms with E-state index in [9.17, 15) is 24.3 Å². The maximum absolute atomic E-state index is 12.7. The van der Waals surface area contributed by atoms with E-state index in [1.54, 1.807) is 13.8 Å². The largest absolute Gasteiger partial charge is 0.480 e. The number of nitrogens with two attached hydrogens (primary N) is 1. The lowest BCUT2D eigenvalue weighted by molar-refractivity contribution is -0.143. The maximum atomic E-state index is 12.7. The van der Waals surface area contributed by atoms with Gasteiger partial charge < -0.3 is 32.1 Å². The molecule has 0 unspecified atom stereocenters. The van der Waals surface area contributed by atoms with Crippen LogP contribution in [0.1, 0.15) is 52.9 Å². The van der Waals surface area contributed by atoms with Crippen LogP contribution in [-0.2, 0) is 19.2 Å². The van der Waals surface area contributed by atoms with Gasteiger partial charge in [-0.2, -0.15) is 0 Å². The van der Waals surface area contributed by atoms with Gasteiger partial charge in [-0.1, -0.05) is 13.8 Å². The van der Waals surface area contributed by atoms with Crippen molar-refractivity contribution in [3.8, 4) is 0 Å². The molecule has 29 heavy (non-hydrogen) atoms. The molecule has 0 spiro atoms. The topological polar surface area (TPSA) is 163 Å². The molecule has 7 N–H and O–H groups in total. The number of unbranched alkanes of at least 4 members (excludes halogenated alkanes) is 1. The summed E-state index contributed by atoms with van der Waals surface area (Å²) in [5.74, 6) is -2.75. The Morgan fingerprint density at radius 1 is 1.07 bits per heavy atom. The van der Waals surface area contributed by atoms with E-state index in [2.05, 4.69) is 21.3 Å². The number of aliphatic carboxylic acids is 1. The highest BCUT2D eigenvalue weighted by molar-refractivity contribution is 5.94. The standard InChI is InChI=1S/C19H35N5O5/c1-11(2)15(19(28)29)24-16(25)12(3)22-18(27)14(7-4-5-9-20)23-17(26)13-8-6-10-21-13/h11-15,21H,4-10,20H2,1-3H3,(H,22,27)(H,23,26)(H,24,25)(H,28,29)/t12-,13-,14-,15-/m0/s1. The van der Waals surface area contributed by atoms with E-state index in [-0.39, 0.29) is 17.9 Å². The molecule has 1 saturated heterocycles. The van der Waals surface area contributed by atoms with E-state index in [0.29, 0.717) is 32.2 Å². The Bertz CT molecular complexity index is 577. The summed E-state index contributed by atoms with van der Waals surface area (Å²) in [7, 11) is 0. The molecule has 0 bridgehead atoms. The Morgan fingerprint density at radius 2 is 1.76 bits per heavy atom. The van der Waals surface area contributed by atoms with Crippen molar-refractivity contribution in [2.45, 2.75) is 77.0 Å². The first-order chi connectivity index (χ1) is 13.7. The molecule has 1 heterocycles. The lowest BCUT2D eigenvalue weighted by Crippen LogP contribution is -2.56. The zero-order chi connectivity index (χ0) is 22.0. The molecule has 0 radical (unpaired) electrons. The van der Waals surface area contributed by atoms with Crippen LogP contribution in [0.4, 0.5) is 0 Å². The highest BCUT2D eigenvalue weighted by atomic mass is 16.4. The highest BCUT2D eigenvalue weighted by Gasteiger charge is 2.30. The van der Waals surface area contributed by atoms with Gasteiger partial charge in [0.1, 0.15) is 18.1 Å². The monoisotopic (exact) mass is 413 g/mol. The van der Waals surface area contributed by atoms with E-state index in [0.717, 1.165) is 13.0 Å². The molecule has 166 valence electrons. The van der Waals surface area contributed by atoms with E-state index in [1.807, 2.05) is 0 Å². The van der Waals surface area contributed by atoms with Gasteiger partial charge >= 0.3 is 5.97 Å². The number of carboxylic acid groups (broad SMARTS) is 1. The van der Waals surface area contributed by atoms with Crippen molar-refractivity contribution in [2.75, 3.05) is 13.1 Å². The number of nitrogens with one attached hydrogen (secondary N) is 4. The minimum Gasteiger partial charge on any atom is -0.480 e. The second kappa shape index (κ2) is 12.4. The number of carbonyl (C=O) groups is 4. The zero-order valence-electron chi connectivity index (χ0n) is 17.5. The van der Waals surface area contributed by atoms with Gasteiger partial charge in [0, 0.05) is 0 Å². The SMILES string of the molecule is CC(C)[C@H](NC(=O)[C@H](C)NC(=O)[C@H](CCCCN)NC(=O)[C@@H]1CCCN1)C(=O)O. The molecule has 1 rings (SSSR count). The molecule has 0 aromatic carbocycles. The van der Waals surface area contributed by atoms with E-state index in [4.69, 9.17) is 5.73 Å². The predicted octanol–water partition coefficient (Wildman–Crippen LogP) is -0.918. The van der Waals surface area contributed by atoms with Gasteiger partial charge in [0.25, 0.3) is 0 Å². The third-order valence-corrected chi connectivity index (χ3v) is 4.94. The van der Waals surface area contributed by atoms with Gasteiger partial charge in [-0.15, -0.1) is 0 Å². The average Bonchev–Trinajstić information content (AvgIpc) is 3.19. The van der Waals surface area contributed by atoms with Crippen molar-refractivity contribution in [2.24, 2.45) is 11.7 Å². The van der Waals surface area contributed by atoms with Crippen molar-refractivity contribution in [1.29, 1.82) is 0 Å². The summed E-state index contributed by atoms with van der Waals surface area (Å²) in [5.41, 5.74) is 5.51. The quantitative estimate of drug-likeness (QED) is 0.225. The third-order valence-electron chi connectivity index (χ3n) is 4.94. The fraction of sp³-hybridized carbons (Fsp3) is 0.789. The molecule has 1 aliphatic rings. The average molecular weight is 414 g/mol. The Balaban J connectivity index is 2.69. The van der Waals surface area contributed by atoms with Crippen LogP contribution in [0.3, 0.4) is 0 Å². The minimum atomic E-state index is -1.14. The van der Waals surface area contributed by atoms with Crippen molar-refractivity contribution in [3.63, 3.8) is 0 Å². The number of hydrogen-bond acceptors (Lipinski definition) is 6. The summed E-state index contributed by atoms with van der Waals surface area (Å²) in [6.45, 7) is 6.09. The normalized spacial score (nSPS) is 19.3. The van der Waals surface area contributed by atoms with E-state index >= 15 is 0 Å². The molecule has 10 heteroatoms. The first-order valence-electron chi connectivity index (χ1n) is 10.2. The van der Waals surface area contributed by atoms with Crippen LogP contribution in [0, 0.1) is 5.92 Å². The molecular weight excluding hydrogens is 378 g/mol. The number of rotatable bonds is 12.